The standard InChI is InChI=1S/C13H16BrN3O.C2H2O4/c1-9-3-4-11-10(7-9)17(2)8-13(14,18-11)12-15-5-6-16-12;3-1(4)2(5)6/h3-4,7H,5-6,8H2,1-2H3,(H,15,16);(H,3,4)(H,5,6). The molecular weight excluding hydrogens is 382 g/mol. The van der Waals surface area contributed by atoms with Crippen molar-refractivity contribution in [1.82, 2.24) is 5.32 Å². The second-order valence-corrected chi connectivity index (χ2v) is 6.71. The molecule has 8 nitrogen and oxygen atoms in total. The monoisotopic (exact) mass is 399 g/mol. The van der Waals surface area contributed by atoms with Gasteiger partial charge in [-0.2, -0.15) is 0 Å². The van der Waals surface area contributed by atoms with Crippen molar-refractivity contribution in [1.29, 1.82) is 0 Å². The van der Waals surface area contributed by atoms with Crippen molar-refractivity contribution >= 4 is 39.4 Å². The van der Waals surface area contributed by atoms with Crippen molar-refractivity contribution in [3.05, 3.63) is 23.8 Å². The van der Waals surface area contributed by atoms with Crippen LogP contribution >= 0.6 is 15.9 Å². The zero-order chi connectivity index (χ0) is 17.9. The van der Waals surface area contributed by atoms with Gasteiger partial charge in [-0.1, -0.05) is 6.07 Å². The molecule has 9 heteroatoms. The van der Waals surface area contributed by atoms with E-state index in [0.717, 1.165) is 36.9 Å². The number of carboxylic acids is 2. The zero-order valence-electron chi connectivity index (χ0n) is 13.2. The highest BCUT2D eigenvalue weighted by atomic mass is 79.9. The van der Waals surface area contributed by atoms with Crippen LogP contribution in [0, 0.1) is 6.92 Å². The minimum Gasteiger partial charge on any atom is -0.473 e. The van der Waals surface area contributed by atoms with Crippen LogP contribution < -0.4 is 15.0 Å². The van der Waals surface area contributed by atoms with Crippen molar-refractivity contribution in [2.75, 3.05) is 31.6 Å². The predicted octanol–water partition coefficient (Wildman–Crippen LogP) is 1.07. The number of carbonyl (C=O) groups is 2. The lowest BCUT2D eigenvalue weighted by molar-refractivity contribution is -0.159. The summed E-state index contributed by atoms with van der Waals surface area (Å²) >= 11 is 3.69. The Hall–Kier alpha value is -2.29. The number of hydrogen-bond acceptors (Lipinski definition) is 6. The molecule has 1 unspecified atom stereocenters. The number of nitrogens with one attached hydrogen (secondary N) is 1. The molecule has 2 aliphatic heterocycles. The number of likely N-dealkylation sites (N-methyl/N-ethyl adjacent to an activating group) is 1. The average Bonchev–Trinajstić information content (AvgIpc) is 3.04. The van der Waals surface area contributed by atoms with E-state index in [1.54, 1.807) is 0 Å². The van der Waals surface area contributed by atoms with Crippen LogP contribution in [0.25, 0.3) is 0 Å². The lowest BCUT2D eigenvalue weighted by Gasteiger charge is -2.39. The Morgan fingerprint density at radius 1 is 1.38 bits per heavy atom. The van der Waals surface area contributed by atoms with E-state index in [9.17, 15) is 0 Å². The van der Waals surface area contributed by atoms with Crippen molar-refractivity contribution in [3.8, 4) is 5.75 Å². The minimum atomic E-state index is -1.82. The number of benzene rings is 1. The number of carboxylic acid groups (broad SMARTS) is 2. The summed E-state index contributed by atoms with van der Waals surface area (Å²) in [5.74, 6) is -1.87. The fourth-order valence-electron chi connectivity index (χ4n) is 2.38. The molecule has 0 saturated heterocycles. The maximum atomic E-state index is 9.10. The summed E-state index contributed by atoms with van der Waals surface area (Å²) in [6.07, 6.45) is 0. The molecule has 0 spiro atoms. The van der Waals surface area contributed by atoms with Gasteiger partial charge in [-0.15, -0.1) is 0 Å². The number of aryl methyl sites for hydroxylation is 1. The first-order chi connectivity index (χ1) is 11.2. The molecule has 0 radical (unpaired) electrons. The van der Waals surface area contributed by atoms with E-state index in [-0.39, 0.29) is 0 Å². The number of nitrogens with zero attached hydrogens (tertiary/aromatic N) is 2. The van der Waals surface area contributed by atoms with E-state index in [1.165, 1.54) is 5.56 Å². The fraction of sp³-hybridized carbons (Fsp3) is 0.400. The highest BCUT2D eigenvalue weighted by Gasteiger charge is 2.42. The van der Waals surface area contributed by atoms with E-state index in [0.29, 0.717) is 0 Å². The number of anilines is 1. The van der Waals surface area contributed by atoms with Crippen molar-refractivity contribution in [2.24, 2.45) is 4.99 Å². The summed E-state index contributed by atoms with van der Waals surface area (Å²) in [7, 11) is 2.08. The highest BCUT2D eigenvalue weighted by molar-refractivity contribution is 9.10. The average molecular weight is 400 g/mol. The van der Waals surface area contributed by atoms with E-state index in [2.05, 4.69) is 57.2 Å². The van der Waals surface area contributed by atoms with Crippen LogP contribution in [0.5, 0.6) is 5.75 Å². The maximum Gasteiger partial charge on any atom is 0.414 e. The van der Waals surface area contributed by atoms with Gasteiger partial charge in [-0.05, 0) is 40.5 Å². The number of halogens is 1. The van der Waals surface area contributed by atoms with E-state index < -0.39 is 16.4 Å². The van der Waals surface area contributed by atoms with Gasteiger partial charge in [0, 0.05) is 13.6 Å². The maximum absolute atomic E-state index is 9.10. The van der Waals surface area contributed by atoms with Crippen molar-refractivity contribution < 1.29 is 24.5 Å². The predicted molar refractivity (Wildman–Crippen MR) is 92.3 cm³/mol. The van der Waals surface area contributed by atoms with Gasteiger partial charge in [0.05, 0.1) is 18.8 Å². The Morgan fingerprint density at radius 3 is 2.58 bits per heavy atom. The van der Waals surface area contributed by atoms with E-state index in [1.807, 2.05) is 6.07 Å². The molecule has 3 rings (SSSR count). The van der Waals surface area contributed by atoms with Crippen molar-refractivity contribution in [3.63, 3.8) is 0 Å². The van der Waals surface area contributed by atoms with Crippen LogP contribution in [0.3, 0.4) is 0 Å². The van der Waals surface area contributed by atoms with Crippen LogP contribution in [-0.4, -0.2) is 59.2 Å². The molecule has 0 bridgehead atoms. The van der Waals surface area contributed by atoms with E-state index in [4.69, 9.17) is 24.5 Å². The lowest BCUT2D eigenvalue weighted by Crippen LogP contribution is -2.54. The Morgan fingerprint density at radius 2 is 2.04 bits per heavy atom. The minimum absolute atomic E-state index is 0.555. The number of rotatable bonds is 1. The number of aliphatic imine (C=N–C) groups is 1. The quantitative estimate of drug-likeness (QED) is 0.478. The third-order valence-corrected chi connectivity index (χ3v) is 4.24. The zero-order valence-corrected chi connectivity index (χ0v) is 14.8. The molecule has 0 aromatic heterocycles. The van der Waals surface area contributed by atoms with Crippen LogP contribution in [0.2, 0.25) is 0 Å². The van der Waals surface area contributed by atoms with Gasteiger partial charge in [0.15, 0.2) is 5.84 Å². The Labute approximate surface area is 147 Å². The molecule has 0 saturated carbocycles. The Bertz CT molecular complexity index is 682. The third kappa shape index (κ3) is 3.97. The van der Waals surface area contributed by atoms with Crippen LogP contribution in [0.4, 0.5) is 5.69 Å². The highest BCUT2D eigenvalue weighted by Crippen LogP contribution is 2.39. The first kappa shape index (κ1) is 18.1. The largest absolute Gasteiger partial charge is 0.473 e. The molecule has 2 heterocycles. The summed E-state index contributed by atoms with van der Waals surface area (Å²) in [6.45, 7) is 4.52. The number of amidine groups is 1. The smallest absolute Gasteiger partial charge is 0.414 e. The molecule has 0 amide bonds. The molecular formula is C15H18BrN3O5. The molecule has 1 aromatic rings. The number of ether oxygens (including phenoxy) is 1. The number of aliphatic carboxylic acids is 2. The second kappa shape index (κ2) is 7.08. The van der Waals surface area contributed by atoms with Gasteiger partial charge in [-0.3, -0.25) is 4.99 Å². The summed E-state index contributed by atoms with van der Waals surface area (Å²) in [5.41, 5.74) is 2.37. The molecule has 130 valence electrons. The van der Waals surface area contributed by atoms with Crippen molar-refractivity contribution in [2.45, 2.75) is 11.4 Å². The first-order valence-corrected chi connectivity index (χ1v) is 7.97. The molecule has 24 heavy (non-hydrogen) atoms. The normalized spacial score (nSPS) is 21.5. The number of alkyl halides is 1. The van der Waals surface area contributed by atoms with Gasteiger partial charge in [-0.25, -0.2) is 9.59 Å². The summed E-state index contributed by atoms with van der Waals surface area (Å²) in [4.78, 5) is 24.9. The van der Waals surface area contributed by atoms with Gasteiger partial charge in [0.2, 0.25) is 4.51 Å². The van der Waals surface area contributed by atoms with Crippen LogP contribution in [0.15, 0.2) is 23.2 Å². The SMILES string of the molecule is Cc1ccc2c(c1)N(C)CC(Br)(C1=NCCN1)O2.O=C(O)C(=O)O. The third-order valence-electron chi connectivity index (χ3n) is 3.45. The Balaban J connectivity index is 0.000000301. The first-order valence-electron chi connectivity index (χ1n) is 7.17. The number of fused-ring (bicyclic) bond motifs is 1. The molecule has 3 N–H and O–H groups in total. The molecule has 1 atom stereocenters. The molecule has 2 aliphatic rings. The summed E-state index contributed by atoms with van der Waals surface area (Å²) in [5, 5.41) is 18.1. The topological polar surface area (TPSA) is 111 Å². The van der Waals surface area contributed by atoms with Gasteiger partial charge in [0.25, 0.3) is 0 Å². The van der Waals surface area contributed by atoms with Gasteiger partial charge < -0.3 is 25.2 Å². The second-order valence-electron chi connectivity index (χ2n) is 5.43. The molecule has 0 aliphatic carbocycles. The summed E-state index contributed by atoms with van der Waals surface area (Å²) < 4.78 is 5.56. The van der Waals surface area contributed by atoms with Gasteiger partial charge in [0.1, 0.15) is 5.75 Å². The van der Waals surface area contributed by atoms with Gasteiger partial charge >= 0.3 is 11.9 Å². The number of hydrogen-bond donors (Lipinski definition) is 3. The Kier molecular flexibility index (Phi) is 5.33. The summed E-state index contributed by atoms with van der Waals surface area (Å²) in [6, 6.07) is 6.23. The fourth-order valence-corrected chi connectivity index (χ4v) is 3.20. The molecule has 1 aromatic carbocycles. The molecule has 0 fully saturated rings. The lowest BCUT2D eigenvalue weighted by atomic mass is 10.1. The van der Waals surface area contributed by atoms with Crippen LogP contribution in [-0.2, 0) is 9.59 Å². The van der Waals surface area contributed by atoms with Crippen LogP contribution in [0.1, 0.15) is 5.56 Å². The van der Waals surface area contributed by atoms with E-state index >= 15 is 0 Å².